The van der Waals surface area contributed by atoms with Crippen molar-refractivity contribution >= 4 is 0 Å². The summed E-state index contributed by atoms with van der Waals surface area (Å²) in [5.74, 6) is -6.45. The molecule has 27 heavy (non-hydrogen) atoms. The van der Waals surface area contributed by atoms with E-state index in [1.54, 1.807) is 6.92 Å². The third kappa shape index (κ3) is 4.84. The van der Waals surface area contributed by atoms with Crippen LogP contribution in [0.3, 0.4) is 0 Å². The van der Waals surface area contributed by atoms with Gasteiger partial charge in [0.15, 0.2) is 23.1 Å². The minimum atomic E-state index is -1.52. The van der Waals surface area contributed by atoms with Gasteiger partial charge in [-0.1, -0.05) is 26.7 Å². The summed E-state index contributed by atoms with van der Waals surface area (Å²) in [4.78, 5) is 0. The van der Waals surface area contributed by atoms with Gasteiger partial charge in [0.25, 0.3) is 0 Å². The second-order valence-corrected chi connectivity index (χ2v) is 6.06. The van der Waals surface area contributed by atoms with Crippen molar-refractivity contribution in [1.29, 1.82) is 0 Å². The zero-order valence-corrected chi connectivity index (χ0v) is 15.3. The number of phenolic OH excluding ortho intramolecular Hbond substituents is 1. The maximum Gasteiger partial charge on any atom is 0.201 e. The van der Waals surface area contributed by atoms with E-state index in [2.05, 4.69) is 0 Å². The molecule has 0 saturated heterocycles. The smallest absolute Gasteiger partial charge is 0.201 e. The predicted octanol–water partition coefficient (Wildman–Crippen LogP) is 5.97. The Morgan fingerprint density at radius 2 is 1.48 bits per heavy atom. The average molecular weight is 386 g/mol. The van der Waals surface area contributed by atoms with E-state index in [4.69, 9.17) is 9.47 Å². The predicted molar refractivity (Wildman–Crippen MR) is 94.2 cm³/mol. The molecule has 3 nitrogen and oxygen atoms in total. The normalized spacial score (nSPS) is 10.9. The quantitative estimate of drug-likeness (QED) is 0.426. The second-order valence-electron chi connectivity index (χ2n) is 6.06. The Balaban J connectivity index is 2.38. The van der Waals surface area contributed by atoms with Crippen LogP contribution in [0.5, 0.6) is 17.2 Å². The molecular weight excluding hydrogens is 364 g/mol. The SMILES string of the molecule is CCCCCOc1cc(F)c(-c2c(O)cc(OCCC)c(F)c2F)cc1F. The lowest BCUT2D eigenvalue weighted by molar-refractivity contribution is 0.289. The summed E-state index contributed by atoms with van der Waals surface area (Å²) < 4.78 is 67.4. The molecule has 2 aromatic carbocycles. The molecule has 0 aromatic heterocycles. The Kier molecular flexibility index (Phi) is 7.33. The topological polar surface area (TPSA) is 38.7 Å². The van der Waals surface area contributed by atoms with E-state index in [-0.39, 0.29) is 19.0 Å². The zero-order chi connectivity index (χ0) is 20.0. The van der Waals surface area contributed by atoms with Gasteiger partial charge < -0.3 is 14.6 Å². The maximum atomic E-state index is 14.4. The van der Waals surface area contributed by atoms with Gasteiger partial charge in [-0.2, -0.15) is 4.39 Å². The number of unbranched alkanes of at least 4 members (excludes halogenated alkanes) is 2. The van der Waals surface area contributed by atoms with Crippen molar-refractivity contribution in [3.63, 3.8) is 0 Å². The Morgan fingerprint density at radius 3 is 2.15 bits per heavy atom. The fourth-order valence-electron chi connectivity index (χ4n) is 2.53. The first-order valence-electron chi connectivity index (χ1n) is 8.86. The summed E-state index contributed by atoms with van der Waals surface area (Å²) in [6.45, 7) is 4.09. The third-order valence-electron chi connectivity index (χ3n) is 3.91. The molecule has 0 saturated carbocycles. The Labute approximate surface area is 155 Å². The molecule has 0 radical (unpaired) electrons. The number of phenols is 1. The highest BCUT2D eigenvalue weighted by Gasteiger charge is 2.24. The van der Waals surface area contributed by atoms with Crippen molar-refractivity contribution in [3.8, 4) is 28.4 Å². The number of hydrogen-bond acceptors (Lipinski definition) is 3. The molecule has 0 bridgehead atoms. The van der Waals surface area contributed by atoms with Crippen LogP contribution in [0.1, 0.15) is 39.5 Å². The highest BCUT2D eigenvalue weighted by atomic mass is 19.2. The Morgan fingerprint density at radius 1 is 0.778 bits per heavy atom. The fraction of sp³-hybridized carbons (Fsp3) is 0.400. The van der Waals surface area contributed by atoms with Crippen LogP contribution in [0, 0.1) is 23.3 Å². The van der Waals surface area contributed by atoms with Gasteiger partial charge in [-0.15, -0.1) is 0 Å². The molecule has 0 aliphatic heterocycles. The number of hydrogen-bond donors (Lipinski definition) is 1. The average Bonchev–Trinajstić information content (AvgIpc) is 2.64. The summed E-state index contributed by atoms with van der Waals surface area (Å²) in [5.41, 5.74) is -1.38. The van der Waals surface area contributed by atoms with Gasteiger partial charge in [0.1, 0.15) is 11.6 Å². The first-order chi connectivity index (χ1) is 12.9. The lowest BCUT2D eigenvalue weighted by Crippen LogP contribution is -2.03. The highest BCUT2D eigenvalue weighted by molar-refractivity contribution is 5.73. The molecular formula is C20H22F4O3. The number of benzene rings is 2. The number of aromatic hydroxyl groups is 1. The van der Waals surface area contributed by atoms with Crippen LogP contribution in [0.2, 0.25) is 0 Å². The van der Waals surface area contributed by atoms with E-state index in [1.165, 1.54) is 0 Å². The molecule has 0 atom stereocenters. The molecule has 1 N–H and O–H groups in total. The number of ether oxygens (including phenoxy) is 2. The van der Waals surface area contributed by atoms with E-state index in [0.29, 0.717) is 18.9 Å². The van der Waals surface area contributed by atoms with E-state index in [0.717, 1.165) is 25.0 Å². The minimum absolute atomic E-state index is 0.113. The van der Waals surface area contributed by atoms with E-state index in [1.807, 2.05) is 6.92 Å². The lowest BCUT2D eigenvalue weighted by atomic mass is 10.0. The van der Waals surface area contributed by atoms with E-state index < -0.39 is 45.9 Å². The van der Waals surface area contributed by atoms with Crippen LogP contribution >= 0.6 is 0 Å². The van der Waals surface area contributed by atoms with Gasteiger partial charge >= 0.3 is 0 Å². The molecule has 0 unspecified atom stereocenters. The fourth-order valence-corrected chi connectivity index (χ4v) is 2.53. The zero-order valence-electron chi connectivity index (χ0n) is 15.3. The van der Waals surface area contributed by atoms with Crippen LogP contribution in [0.4, 0.5) is 17.6 Å². The van der Waals surface area contributed by atoms with E-state index in [9.17, 15) is 22.7 Å². The van der Waals surface area contributed by atoms with Crippen LogP contribution in [0.15, 0.2) is 18.2 Å². The second kappa shape index (κ2) is 9.48. The lowest BCUT2D eigenvalue weighted by Gasteiger charge is -2.14. The first-order valence-corrected chi connectivity index (χ1v) is 8.86. The molecule has 2 aromatic rings. The molecule has 0 spiro atoms. The molecule has 0 fully saturated rings. The van der Waals surface area contributed by atoms with Gasteiger partial charge in [0.05, 0.1) is 18.8 Å². The largest absolute Gasteiger partial charge is 0.507 e. The molecule has 2 rings (SSSR count). The molecule has 0 aliphatic rings. The first kappa shape index (κ1) is 20.9. The van der Waals surface area contributed by atoms with Crippen molar-refractivity contribution in [2.75, 3.05) is 13.2 Å². The highest BCUT2D eigenvalue weighted by Crippen LogP contribution is 2.40. The van der Waals surface area contributed by atoms with E-state index >= 15 is 0 Å². The summed E-state index contributed by atoms with van der Waals surface area (Å²) in [7, 11) is 0. The van der Waals surface area contributed by atoms with Gasteiger partial charge in [-0.25, -0.2) is 13.2 Å². The van der Waals surface area contributed by atoms with Crippen LogP contribution in [0.25, 0.3) is 11.1 Å². The maximum absolute atomic E-state index is 14.4. The van der Waals surface area contributed by atoms with Crippen LogP contribution < -0.4 is 9.47 Å². The van der Waals surface area contributed by atoms with Crippen molar-refractivity contribution < 1.29 is 32.1 Å². The van der Waals surface area contributed by atoms with Crippen molar-refractivity contribution in [2.45, 2.75) is 39.5 Å². The van der Waals surface area contributed by atoms with Gasteiger partial charge in [0, 0.05) is 17.7 Å². The molecule has 0 amide bonds. The van der Waals surface area contributed by atoms with Gasteiger partial charge in [0.2, 0.25) is 5.82 Å². The summed E-state index contributed by atoms with van der Waals surface area (Å²) >= 11 is 0. The minimum Gasteiger partial charge on any atom is -0.507 e. The number of halogens is 4. The molecule has 7 heteroatoms. The standard InChI is InChI=1S/C20H22F4O3/c1-3-5-6-8-27-16-10-13(21)12(9-14(16)22)18-15(25)11-17(26-7-4-2)19(23)20(18)24/h9-11,25H,3-8H2,1-2H3. The molecule has 148 valence electrons. The number of rotatable bonds is 9. The summed E-state index contributed by atoms with van der Waals surface area (Å²) in [5, 5.41) is 10.0. The van der Waals surface area contributed by atoms with Crippen molar-refractivity contribution in [1.82, 2.24) is 0 Å². The Bertz CT molecular complexity index is 794. The summed E-state index contributed by atoms with van der Waals surface area (Å²) in [6.07, 6.45) is 3.05. The van der Waals surface area contributed by atoms with Gasteiger partial charge in [-0.05, 0) is 18.9 Å². The van der Waals surface area contributed by atoms with Crippen LogP contribution in [-0.2, 0) is 0 Å². The molecule has 0 aliphatic carbocycles. The van der Waals surface area contributed by atoms with Crippen molar-refractivity contribution in [2.24, 2.45) is 0 Å². The Hall–Kier alpha value is -2.44. The van der Waals surface area contributed by atoms with Crippen LogP contribution in [-0.4, -0.2) is 18.3 Å². The van der Waals surface area contributed by atoms with Crippen molar-refractivity contribution in [3.05, 3.63) is 41.5 Å². The van der Waals surface area contributed by atoms with Gasteiger partial charge in [-0.3, -0.25) is 0 Å². The summed E-state index contributed by atoms with van der Waals surface area (Å²) in [6, 6.07) is 2.28. The monoisotopic (exact) mass is 386 g/mol. The molecule has 0 heterocycles. The third-order valence-corrected chi connectivity index (χ3v) is 3.91.